The van der Waals surface area contributed by atoms with Crippen molar-refractivity contribution in [3.8, 4) is 5.69 Å². The van der Waals surface area contributed by atoms with Gasteiger partial charge in [0.1, 0.15) is 6.33 Å². The van der Waals surface area contributed by atoms with E-state index in [0.29, 0.717) is 5.95 Å². The third kappa shape index (κ3) is 3.94. The number of piperidine rings is 1. The SMILES string of the molecule is CN(C)c1ncn(-c2cccc(NC(=O)N3CCCCC3c3ccnn3C)c2)n1. The van der Waals surface area contributed by atoms with Gasteiger partial charge in [0, 0.05) is 39.6 Å². The zero-order chi connectivity index (χ0) is 20.4. The Morgan fingerprint density at radius 2 is 2.10 bits per heavy atom. The minimum atomic E-state index is -0.0966. The molecule has 4 rings (SSSR count). The van der Waals surface area contributed by atoms with Crippen LogP contribution in [-0.4, -0.2) is 56.1 Å². The van der Waals surface area contributed by atoms with E-state index in [-0.39, 0.29) is 12.1 Å². The molecule has 2 aromatic heterocycles. The molecule has 1 aromatic carbocycles. The van der Waals surface area contributed by atoms with E-state index in [9.17, 15) is 4.79 Å². The lowest BCUT2D eigenvalue weighted by atomic mass is 9.99. The molecule has 0 spiro atoms. The number of rotatable bonds is 4. The fourth-order valence-corrected chi connectivity index (χ4v) is 3.70. The van der Waals surface area contributed by atoms with Gasteiger partial charge >= 0.3 is 6.03 Å². The summed E-state index contributed by atoms with van der Waals surface area (Å²) in [5, 5.41) is 11.8. The molecule has 3 aromatic rings. The van der Waals surface area contributed by atoms with Gasteiger partial charge < -0.3 is 15.1 Å². The zero-order valence-electron chi connectivity index (χ0n) is 17.0. The molecule has 0 aliphatic carbocycles. The molecule has 0 radical (unpaired) electrons. The number of hydrogen-bond donors (Lipinski definition) is 1. The highest BCUT2D eigenvalue weighted by molar-refractivity contribution is 5.90. The standard InChI is InChI=1S/C20H26N8O/c1-25(2)19-21-14-28(24-19)16-8-6-7-15(13-16)23-20(29)27-12-5-4-9-18(27)17-10-11-22-26(17)3/h6-8,10-11,13-14,18H,4-5,9,12H2,1-3H3,(H,23,29). The van der Waals surface area contributed by atoms with Gasteiger partial charge in [-0.05, 0) is 43.5 Å². The Balaban J connectivity index is 1.52. The van der Waals surface area contributed by atoms with Crippen LogP contribution >= 0.6 is 0 Å². The van der Waals surface area contributed by atoms with Crippen molar-refractivity contribution in [3.05, 3.63) is 48.5 Å². The predicted molar refractivity (Wildman–Crippen MR) is 111 cm³/mol. The van der Waals surface area contributed by atoms with E-state index in [4.69, 9.17) is 0 Å². The monoisotopic (exact) mass is 394 g/mol. The molecule has 9 heteroatoms. The Labute approximate surface area is 169 Å². The molecular formula is C20H26N8O. The number of urea groups is 1. The highest BCUT2D eigenvalue weighted by atomic mass is 16.2. The normalized spacial score (nSPS) is 16.7. The molecule has 29 heavy (non-hydrogen) atoms. The number of nitrogens with zero attached hydrogens (tertiary/aromatic N) is 7. The van der Waals surface area contributed by atoms with Crippen molar-refractivity contribution in [1.82, 2.24) is 29.4 Å². The second kappa shape index (κ2) is 7.94. The summed E-state index contributed by atoms with van der Waals surface area (Å²) in [7, 11) is 5.71. The summed E-state index contributed by atoms with van der Waals surface area (Å²) >= 11 is 0. The van der Waals surface area contributed by atoms with Crippen LogP contribution in [0.5, 0.6) is 0 Å². The van der Waals surface area contributed by atoms with Crippen LogP contribution in [0.3, 0.4) is 0 Å². The van der Waals surface area contributed by atoms with E-state index in [1.165, 1.54) is 0 Å². The van der Waals surface area contributed by atoms with Crippen molar-refractivity contribution in [1.29, 1.82) is 0 Å². The Hall–Kier alpha value is -3.36. The van der Waals surface area contributed by atoms with Crippen LogP contribution in [0.25, 0.3) is 5.69 Å². The number of anilines is 2. The molecule has 1 fully saturated rings. The molecule has 3 heterocycles. The molecule has 1 aliphatic rings. The van der Waals surface area contributed by atoms with Crippen LogP contribution in [0.1, 0.15) is 31.0 Å². The molecular weight excluding hydrogens is 368 g/mol. The predicted octanol–water partition coefficient (Wildman–Crippen LogP) is 2.83. The summed E-state index contributed by atoms with van der Waals surface area (Å²) in [6.45, 7) is 0.733. The summed E-state index contributed by atoms with van der Waals surface area (Å²) in [6.07, 6.45) is 6.51. The lowest BCUT2D eigenvalue weighted by molar-refractivity contribution is 0.159. The molecule has 1 unspecified atom stereocenters. The molecule has 1 N–H and O–H groups in total. The fraction of sp³-hybridized carbons (Fsp3) is 0.400. The number of hydrogen-bond acceptors (Lipinski definition) is 5. The van der Waals surface area contributed by atoms with Crippen molar-refractivity contribution >= 4 is 17.7 Å². The minimum Gasteiger partial charge on any atom is -0.346 e. The van der Waals surface area contributed by atoms with E-state index >= 15 is 0 Å². The largest absolute Gasteiger partial charge is 0.346 e. The molecule has 1 aliphatic heterocycles. The number of carbonyl (C=O) groups is 1. The van der Waals surface area contributed by atoms with Crippen LogP contribution < -0.4 is 10.2 Å². The summed E-state index contributed by atoms with van der Waals surface area (Å²) in [5.41, 5.74) is 2.63. The zero-order valence-corrected chi connectivity index (χ0v) is 17.0. The van der Waals surface area contributed by atoms with Crippen molar-refractivity contribution < 1.29 is 4.79 Å². The highest BCUT2D eigenvalue weighted by Crippen LogP contribution is 2.31. The topological polar surface area (TPSA) is 84.1 Å². The average Bonchev–Trinajstić information content (AvgIpc) is 3.37. The van der Waals surface area contributed by atoms with Crippen molar-refractivity contribution in [2.45, 2.75) is 25.3 Å². The van der Waals surface area contributed by atoms with Gasteiger partial charge in [-0.1, -0.05) is 6.07 Å². The van der Waals surface area contributed by atoms with E-state index in [1.807, 2.05) is 66.0 Å². The van der Waals surface area contributed by atoms with Gasteiger partial charge in [0.25, 0.3) is 0 Å². The second-order valence-electron chi connectivity index (χ2n) is 7.45. The van der Waals surface area contributed by atoms with Crippen molar-refractivity contribution in [2.24, 2.45) is 7.05 Å². The van der Waals surface area contributed by atoms with Gasteiger partial charge in [-0.2, -0.15) is 10.1 Å². The van der Waals surface area contributed by atoms with Gasteiger partial charge in [0.05, 0.1) is 17.4 Å². The molecule has 0 saturated carbocycles. The Morgan fingerprint density at radius 3 is 2.83 bits per heavy atom. The first-order valence-corrected chi connectivity index (χ1v) is 9.78. The third-order valence-electron chi connectivity index (χ3n) is 5.21. The van der Waals surface area contributed by atoms with E-state index < -0.39 is 0 Å². The molecule has 0 bridgehead atoms. The first-order valence-electron chi connectivity index (χ1n) is 9.78. The van der Waals surface area contributed by atoms with E-state index in [2.05, 4.69) is 20.5 Å². The van der Waals surface area contributed by atoms with Crippen LogP contribution in [0, 0.1) is 0 Å². The number of carbonyl (C=O) groups excluding carboxylic acids is 1. The summed E-state index contributed by atoms with van der Waals surface area (Å²) < 4.78 is 3.55. The molecule has 152 valence electrons. The number of amides is 2. The minimum absolute atomic E-state index is 0.0393. The smallest absolute Gasteiger partial charge is 0.322 e. The van der Waals surface area contributed by atoms with Gasteiger partial charge in [-0.15, -0.1) is 5.10 Å². The summed E-state index contributed by atoms with van der Waals surface area (Å²) in [5.74, 6) is 0.631. The summed E-state index contributed by atoms with van der Waals surface area (Å²) in [6, 6.07) is 9.55. The maximum atomic E-state index is 13.1. The molecule has 2 amide bonds. The molecule has 9 nitrogen and oxygen atoms in total. The van der Waals surface area contributed by atoms with Crippen molar-refractivity contribution in [2.75, 3.05) is 30.9 Å². The highest BCUT2D eigenvalue weighted by Gasteiger charge is 2.29. The van der Waals surface area contributed by atoms with Gasteiger partial charge in [0.2, 0.25) is 5.95 Å². The number of likely N-dealkylation sites (tertiary alicyclic amines) is 1. The third-order valence-corrected chi connectivity index (χ3v) is 5.21. The molecule has 1 saturated heterocycles. The Kier molecular flexibility index (Phi) is 5.20. The Morgan fingerprint density at radius 1 is 1.24 bits per heavy atom. The number of benzene rings is 1. The van der Waals surface area contributed by atoms with Crippen molar-refractivity contribution in [3.63, 3.8) is 0 Å². The average molecular weight is 394 g/mol. The van der Waals surface area contributed by atoms with E-state index in [0.717, 1.165) is 42.9 Å². The first kappa shape index (κ1) is 19.0. The quantitative estimate of drug-likeness (QED) is 0.736. The number of nitrogens with one attached hydrogen (secondary N) is 1. The van der Waals surface area contributed by atoms with E-state index in [1.54, 1.807) is 17.2 Å². The van der Waals surface area contributed by atoms with Crippen LogP contribution in [0.15, 0.2) is 42.9 Å². The maximum Gasteiger partial charge on any atom is 0.322 e. The summed E-state index contributed by atoms with van der Waals surface area (Å²) in [4.78, 5) is 21.1. The van der Waals surface area contributed by atoms with Gasteiger partial charge in [-0.25, -0.2) is 9.48 Å². The first-order chi connectivity index (χ1) is 14.0. The van der Waals surface area contributed by atoms with Gasteiger partial charge in [-0.3, -0.25) is 4.68 Å². The Bertz CT molecular complexity index is 992. The molecule has 1 atom stereocenters. The lowest BCUT2D eigenvalue weighted by Crippen LogP contribution is -2.41. The maximum absolute atomic E-state index is 13.1. The van der Waals surface area contributed by atoms with Gasteiger partial charge in [0.15, 0.2) is 0 Å². The van der Waals surface area contributed by atoms with Crippen LogP contribution in [0.4, 0.5) is 16.4 Å². The number of aromatic nitrogens is 5. The fourth-order valence-electron chi connectivity index (χ4n) is 3.70. The lowest BCUT2D eigenvalue weighted by Gasteiger charge is -2.35. The van der Waals surface area contributed by atoms with Crippen LogP contribution in [0.2, 0.25) is 0 Å². The number of aryl methyl sites for hydroxylation is 1. The second-order valence-corrected chi connectivity index (χ2v) is 7.45. The van der Waals surface area contributed by atoms with Crippen LogP contribution in [-0.2, 0) is 7.05 Å².